The highest BCUT2D eigenvalue weighted by molar-refractivity contribution is 6.74. The standard InChI is InChI=1S/C67H91NO8Si2/c1-16-29-49(2)60(76-78(14,15)66(8,9)10)46-59(75-77(12,13)65(5,6)7)41-38-50(3)62(74-67(54-32-23-18-24-33-54,55-34-25-19-26-35-55)56-36-27-20-28-37-56)51(4)44-61(72-47-53-39-42-58(71-11)43-40-53)63(69)68-57(48-73-64(68)70)45-52-30-21-17-22-31-52/h16-43,49-51,57,59-62H,44-48H2,1-15H3/t49-,50-,51+,57+,59+,60-,61?,62-/m0/s1. The van der Waals surface area contributed by atoms with Crippen LogP contribution in [0.5, 0.6) is 5.75 Å². The molecule has 9 nitrogen and oxygen atoms in total. The van der Waals surface area contributed by atoms with E-state index >= 15 is 4.79 Å². The van der Waals surface area contributed by atoms with Crippen molar-refractivity contribution in [1.29, 1.82) is 0 Å². The monoisotopic (exact) mass is 1090 g/mol. The number of ether oxygens (including phenoxy) is 4. The number of allylic oxidation sites excluding steroid dienone is 1. The average Bonchev–Trinajstić information content (AvgIpc) is 3.95. The summed E-state index contributed by atoms with van der Waals surface area (Å²) in [5.41, 5.74) is 3.65. The van der Waals surface area contributed by atoms with Gasteiger partial charge in [-0.2, -0.15) is 0 Å². The first kappa shape index (κ1) is 61.8. The second-order valence-electron chi connectivity index (χ2n) is 24.5. The molecule has 420 valence electrons. The molecule has 0 N–H and O–H groups in total. The van der Waals surface area contributed by atoms with Crippen molar-refractivity contribution in [2.45, 2.75) is 167 Å². The fourth-order valence-corrected chi connectivity index (χ4v) is 12.6. The van der Waals surface area contributed by atoms with Crippen molar-refractivity contribution in [1.82, 2.24) is 4.90 Å². The number of hydrogen-bond acceptors (Lipinski definition) is 8. The summed E-state index contributed by atoms with van der Waals surface area (Å²) in [6, 6.07) is 48.3. The Balaban J connectivity index is 1.50. The normalized spacial score (nSPS) is 17.6. The molecule has 8 atom stereocenters. The maximum Gasteiger partial charge on any atom is 0.417 e. The molecular weight excluding hydrogens is 1000 g/mol. The number of hydrogen-bond donors (Lipinski definition) is 0. The third-order valence-electron chi connectivity index (χ3n) is 16.6. The molecule has 1 aliphatic heterocycles. The van der Waals surface area contributed by atoms with Crippen LogP contribution >= 0.6 is 0 Å². The highest BCUT2D eigenvalue weighted by Gasteiger charge is 2.47. The third kappa shape index (κ3) is 15.7. The van der Waals surface area contributed by atoms with Gasteiger partial charge in [0, 0.05) is 12.3 Å². The fraction of sp³-hybridized carbons (Fsp3) is 0.463. The molecule has 78 heavy (non-hydrogen) atoms. The number of benzene rings is 5. The molecule has 2 amide bonds. The van der Waals surface area contributed by atoms with Gasteiger partial charge >= 0.3 is 6.09 Å². The molecule has 1 fully saturated rings. The Morgan fingerprint density at radius 2 is 1.15 bits per heavy atom. The first-order valence-electron chi connectivity index (χ1n) is 28.2. The Kier molecular flexibility index (Phi) is 21.5. The number of cyclic esters (lactones) is 1. The second kappa shape index (κ2) is 27.2. The smallest absolute Gasteiger partial charge is 0.417 e. The third-order valence-corrected chi connectivity index (χ3v) is 25.6. The summed E-state index contributed by atoms with van der Waals surface area (Å²) >= 11 is 0. The van der Waals surface area contributed by atoms with Crippen molar-refractivity contribution in [3.63, 3.8) is 0 Å². The summed E-state index contributed by atoms with van der Waals surface area (Å²) in [6.07, 6.45) is 7.63. The Labute approximate surface area is 471 Å². The molecule has 0 saturated carbocycles. The second-order valence-corrected chi connectivity index (χ2v) is 34.1. The highest BCUT2D eigenvalue weighted by Crippen LogP contribution is 2.45. The van der Waals surface area contributed by atoms with E-state index in [1.807, 2.05) is 72.8 Å². The van der Waals surface area contributed by atoms with Gasteiger partial charge in [-0.15, -0.1) is 0 Å². The van der Waals surface area contributed by atoms with Crippen LogP contribution in [0.25, 0.3) is 0 Å². The number of nitrogens with zero attached hydrogens (tertiary/aromatic N) is 1. The Morgan fingerprint density at radius 1 is 0.654 bits per heavy atom. The van der Waals surface area contributed by atoms with E-state index in [1.165, 1.54) is 4.90 Å². The molecule has 0 aromatic heterocycles. The zero-order valence-corrected chi connectivity index (χ0v) is 51.5. The number of imide groups is 1. The molecule has 0 aliphatic carbocycles. The van der Waals surface area contributed by atoms with Gasteiger partial charge in [-0.05, 0) is 108 Å². The Bertz CT molecular complexity index is 2590. The van der Waals surface area contributed by atoms with Gasteiger partial charge in [0.15, 0.2) is 16.6 Å². The minimum atomic E-state index is -2.35. The fourth-order valence-electron chi connectivity index (χ4n) is 9.93. The summed E-state index contributed by atoms with van der Waals surface area (Å²) in [6.45, 7) is 32.0. The van der Waals surface area contributed by atoms with Gasteiger partial charge in [-0.3, -0.25) is 4.79 Å². The first-order chi connectivity index (χ1) is 36.9. The zero-order chi connectivity index (χ0) is 56.9. The van der Waals surface area contributed by atoms with Gasteiger partial charge in [0.05, 0.1) is 38.1 Å². The number of carbonyl (C=O) groups excluding carboxylic acids is 2. The molecule has 1 aliphatic rings. The number of methoxy groups -OCH3 is 1. The highest BCUT2D eigenvalue weighted by atomic mass is 28.4. The molecule has 1 unspecified atom stereocenters. The van der Waals surface area contributed by atoms with Gasteiger partial charge in [0.25, 0.3) is 5.91 Å². The predicted molar refractivity (Wildman–Crippen MR) is 323 cm³/mol. The van der Waals surface area contributed by atoms with E-state index in [2.05, 4.69) is 193 Å². The van der Waals surface area contributed by atoms with Gasteiger partial charge in [-0.1, -0.05) is 220 Å². The number of rotatable bonds is 26. The molecule has 11 heteroatoms. The molecule has 5 aromatic carbocycles. The van der Waals surface area contributed by atoms with Crippen molar-refractivity contribution in [3.05, 3.63) is 198 Å². The van der Waals surface area contributed by atoms with Crippen LogP contribution in [0.3, 0.4) is 0 Å². The van der Waals surface area contributed by atoms with Crippen LogP contribution in [-0.4, -0.2) is 77.7 Å². The van der Waals surface area contributed by atoms with E-state index < -0.39 is 52.5 Å². The van der Waals surface area contributed by atoms with E-state index in [0.717, 1.165) is 27.8 Å². The lowest BCUT2D eigenvalue weighted by atomic mass is 9.78. The van der Waals surface area contributed by atoms with Crippen LogP contribution in [0.4, 0.5) is 4.79 Å². The molecule has 1 saturated heterocycles. The predicted octanol–water partition coefficient (Wildman–Crippen LogP) is 16.1. The molecule has 1 heterocycles. The molecule has 6 rings (SSSR count). The van der Waals surface area contributed by atoms with E-state index in [1.54, 1.807) is 7.11 Å². The van der Waals surface area contributed by atoms with Crippen LogP contribution in [0.2, 0.25) is 36.3 Å². The van der Waals surface area contributed by atoms with Gasteiger partial charge in [-0.25, -0.2) is 9.69 Å². The molecular formula is C67H91NO8Si2. The van der Waals surface area contributed by atoms with E-state index in [0.29, 0.717) is 18.6 Å². The summed E-state index contributed by atoms with van der Waals surface area (Å²) in [7, 11) is -2.94. The number of carbonyl (C=O) groups is 2. The summed E-state index contributed by atoms with van der Waals surface area (Å²) in [4.78, 5) is 30.4. The van der Waals surface area contributed by atoms with Crippen LogP contribution < -0.4 is 4.74 Å². The Hall–Kier alpha value is -5.41. The van der Waals surface area contributed by atoms with Gasteiger partial charge in [0.1, 0.15) is 24.1 Å². The topological polar surface area (TPSA) is 92.8 Å². The van der Waals surface area contributed by atoms with Crippen LogP contribution in [0.1, 0.15) is 110 Å². The first-order valence-corrected chi connectivity index (χ1v) is 34.0. The zero-order valence-electron chi connectivity index (χ0n) is 49.5. The number of amides is 2. The quantitative estimate of drug-likeness (QED) is 0.0307. The van der Waals surface area contributed by atoms with Crippen molar-refractivity contribution in [3.8, 4) is 5.75 Å². The lowest BCUT2D eigenvalue weighted by Gasteiger charge is -2.43. The molecule has 0 radical (unpaired) electrons. The van der Waals surface area contributed by atoms with Gasteiger partial charge in [0.2, 0.25) is 0 Å². The van der Waals surface area contributed by atoms with Crippen molar-refractivity contribution in [2.24, 2.45) is 17.8 Å². The molecule has 0 spiro atoms. The summed E-state index contributed by atoms with van der Waals surface area (Å²) in [5, 5.41) is -0.0362. The minimum Gasteiger partial charge on any atom is -0.497 e. The molecule has 0 bridgehead atoms. The molecule has 5 aromatic rings. The van der Waals surface area contributed by atoms with E-state index in [9.17, 15) is 4.79 Å². The van der Waals surface area contributed by atoms with Crippen molar-refractivity contribution < 1.29 is 37.4 Å². The van der Waals surface area contributed by atoms with E-state index in [4.69, 9.17) is 27.8 Å². The average molecular weight is 1090 g/mol. The van der Waals surface area contributed by atoms with Crippen LogP contribution in [0, 0.1) is 17.8 Å². The van der Waals surface area contributed by atoms with Crippen molar-refractivity contribution in [2.75, 3.05) is 13.7 Å². The summed E-state index contributed by atoms with van der Waals surface area (Å²) < 4.78 is 40.8. The van der Waals surface area contributed by atoms with E-state index in [-0.39, 0.29) is 59.7 Å². The SMILES string of the molecule is CC=C[C@H](C)[C@H](C[C@@H](C=C[C@H](C)[C@H](OC(c1ccccc1)(c1ccccc1)c1ccccc1)[C@H](C)CC(OCc1ccc(OC)cc1)C(=O)N1C(=O)OC[C@H]1Cc1ccccc1)O[Si](C)(C)C(C)(C)C)O[Si](C)(C)C(C)(C)C. The van der Waals surface area contributed by atoms with Crippen molar-refractivity contribution >= 4 is 28.6 Å². The summed E-state index contributed by atoms with van der Waals surface area (Å²) in [5.74, 6) is -0.180. The van der Waals surface area contributed by atoms with Crippen LogP contribution in [0.15, 0.2) is 170 Å². The Morgan fingerprint density at radius 3 is 1.64 bits per heavy atom. The minimum absolute atomic E-state index is 0.0139. The maximum absolute atomic E-state index is 15.3. The lowest BCUT2D eigenvalue weighted by Crippen LogP contribution is -2.48. The maximum atomic E-state index is 15.3. The van der Waals surface area contributed by atoms with Crippen LogP contribution in [-0.2, 0) is 46.5 Å². The lowest BCUT2D eigenvalue weighted by molar-refractivity contribution is -0.146. The van der Waals surface area contributed by atoms with Gasteiger partial charge < -0.3 is 27.8 Å². The largest absolute Gasteiger partial charge is 0.497 e.